The first-order chi connectivity index (χ1) is 12.2. The zero-order valence-corrected chi connectivity index (χ0v) is 16.1. The highest BCUT2D eigenvalue weighted by Crippen LogP contribution is 2.33. The molecule has 0 saturated heterocycles. The van der Waals surface area contributed by atoms with Gasteiger partial charge in [-0.05, 0) is 30.9 Å². The van der Waals surface area contributed by atoms with Crippen molar-refractivity contribution in [2.24, 2.45) is 17.8 Å². The number of carbonyl (C=O) groups is 3. The van der Waals surface area contributed by atoms with Crippen LogP contribution in [-0.2, 0) is 24.4 Å². The number of carbonyl (C=O) groups excluding carboxylic acids is 3. The van der Waals surface area contributed by atoms with Crippen LogP contribution >= 0.6 is 0 Å². The zero-order valence-electron chi connectivity index (χ0n) is 15.3. The Morgan fingerprint density at radius 2 is 1.58 bits per heavy atom. The van der Waals surface area contributed by atoms with Gasteiger partial charge in [0, 0.05) is 12.8 Å². The van der Waals surface area contributed by atoms with Crippen LogP contribution in [-0.4, -0.2) is 25.9 Å². The van der Waals surface area contributed by atoms with Gasteiger partial charge in [0.2, 0.25) is 0 Å². The molecule has 1 aromatic carbocycles. The minimum absolute atomic E-state index is 0.0669. The number of ketones is 2. The molecule has 142 valence electrons. The summed E-state index contributed by atoms with van der Waals surface area (Å²) in [4.78, 5) is 37.0. The molecule has 1 saturated carbocycles. The Balaban J connectivity index is 2.13. The minimum atomic E-state index is -4.12. The van der Waals surface area contributed by atoms with Crippen molar-refractivity contribution in [1.82, 2.24) is 4.72 Å². The predicted molar refractivity (Wildman–Crippen MR) is 96.8 cm³/mol. The van der Waals surface area contributed by atoms with Crippen molar-refractivity contribution in [2.45, 2.75) is 51.3 Å². The average molecular weight is 379 g/mol. The van der Waals surface area contributed by atoms with Gasteiger partial charge in [0.05, 0.1) is 4.90 Å². The van der Waals surface area contributed by atoms with Gasteiger partial charge in [-0.1, -0.05) is 44.4 Å². The summed E-state index contributed by atoms with van der Waals surface area (Å²) in [7, 11) is -4.12. The molecule has 1 N–H and O–H groups in total. The molecule has 0 heterocycles. The Hall–Kier alpha value is -2.02. The molecule has 1 aliphatic rings. The second-order valence-electron chi connectivity index (χ2n) is 6.89. The summed E-state index contributed by atoms with van der Waals surface area (Å²) < 4.78 is 26.5. The van der Waals surface area contributed by atoms with Gasteiger partial charge in [-0.3, -0.25) is 14.4 Å². The first kappa shape index (κ1) is 20.3. The van der Waals surface area contributed by atoms with E-state index in [2.05, 4.69) is 0 Å². The van der Waals surface area contributed by atoms with E-state index in [9.17, 15) is 22.8 Å². The highest BCUT2D eigenvalue weighted by atomic mass is 32.2. The van der Waals surface area contributed by atoms with Crippen LogP contribution in [0.4, 0.5) is 0 Å². The summed E-state index contributed by atoms with van der Waals surface area (Å²) in [5, 5.41) is 0. The van der Waals surface area contributed by atoms with E-state index in [-0.39, 0.29) is 29.6 Å². The lowest BCUT2D eigenvalue weighted by Gasteiger charge is -2.30. The van der Waals surface area contributed by atoms with Gasteiger partial charge in [-0.2, -0.15) is 0 Å². The molecule has 7 heteroatoms. The molecule has 0 unspecified atom stereocenters. The lowest BCUT2D eigenvalue weighted by atomic mass is 9.72. The van der Waals surface area contributed by atoms with Gasteiger partial charge >= 0.3 is 0 Å². The maximum atomic E-state index is 12.4. The lowest BCUT2D eigenvalue weighted by molar-refractivity contribution is -0.144. The molecule has 0 spiro atoms. The molecule has 0 atom stereocenters. The maximum absolute atomic E-state index is 12.4. The molecule has 26 heavy (non-hydrogen) atoms. The van der Waals surface area contributed by atoms with E-state index in [4.69, 9.17) is 0 Å². The Bertz CT molecular complexity index is 776. The molecule has 6 nitrogen and oxygen atoms in total. The van der Waals surface area contributed by atoms with Gasteiger partial charge in [-0.15, -0.1) is 0 Å². The molecule has 1 aliphatic carbocycles. The summed E-state index contributed by atoms with van der Waals surface area (Å²) >= 11 is 0. The third-order valence-corrected chi connectivity index (χ3v) is 6.48. The molecular formula is C19H25NO5S. The van der Waals surface area contributed by atoms with Gasteiger partial charge < -0.3 is 0 Å². The van der Waals surface area contributed by atoms with Crippen LogP contribution in [0.25, 0.3) is 0 Å². The highest BCUT2D eigenvalue weighted by Gasteiger charge is 2.42. The SMILES string of the molecule is CCC(CC)C1CC(=O)C(C(=O)NS(=O)(=O)c2ccc(C)cc2)C(=O)C1. The second kappa shape index (κ2) is 8.12. The van der Waals surface area contributed by atoms with Crippen molar-refractivity contribution in [3.8, 4) is 0 Å². The van der Waals surface area contributed by atoms with Crippen LogP contribution in [0.15, 0.2) is 29.2 Å². The fourth-order valence-corrected chi connectivity index (χ4v) is 4.55. The van der Waals surface area contributed by atoms with Crippen molar-refractivity contribution in [3.05, 3.63) is 29.8 Å². The smallest absolute Gasteiger partial charge is 0.264 e. The van der Waals surface area contributed by atoms with E-state index in [0.717, 1.165) is 18.4 Å². The van der Waals surface area contributed by atoms with Crippen LogP contribution in [0.3, 0.4) is 0 Å². The summed E-state index contributed by atoms with van der Waals surface area (Å²) in [6.45, 7) is 5.83. The molecule has 1 aromatic rings. The number of amides is 1. The fourth-order valence-electron chi connectivity index (χ4n) is 3.55. The summed E-state index contributed by atoms with van der Waals surface area (Å²) in [6.07, 6.45) is 2.00. The van der Waals surface area contributed by atoms with Crippen LogP contribution in [0, 0.1) is 24.7 Å². The lowest BCUT2D eigenvalue weighted by Crippen LogP contribution is -2.47. The first-order valence-electron chi connectivity index (χ1n) is 8.88. The van der Waals surface area contributed by atoms with Crippen LogP contribution in [0.2, 0.25) is 0 Å². The van der Waals surface area contributed by atoms with Gasteiger partial charge in [0.1, 0.15) is 0 Å². The number of benzene rings is 1. The Labute approximate surface area is 154 Å². The molecule has 1 amide bonds. The largest absolute Gasteiger partial charge is 0.298 e. The third-order valence-electron chi connectivity index (χ3n) is 5.11. The maximum Gasteiger partial charge on any atom is 0.264 e. The quantitative estimate of drug-likeness (QED) is 0.766. The summed E-state index contributed by atoms with van der Waals surface area (Å²) in [5.74, 6) is -3.38. The summed E-state index contributed by atoms with van der Waals surface area (Å²) in [5.41, 5.74) is 0.875. The van der Waals surface area contributed by atoms with Crippen LogP contribution < -0.4 is 4.72 Å². The van der Waals surface area contributed by atoms with E-state index >= 15 is 0 Å². The van der Waals surface area contributed by atoms with Gasteiger partial charge in [0.15, 0.2) is 17.5 Å². The molecule has 0 radical (unpaired) electrons. The van der Waals surface area contributed by atoms with Crippen molar-refractivity contribution in [3.63, 3.8) is 0 Å². The van der Waals surface area contributed by atoms with E-state index in [1.807, 2.05) is 25.5 Å². The number of aryl methyl sites for hydroxylation is 1. The molecule has 0 aliphatic heterocycles. The third kappa shape index (κ3) is 4.38. The monoisotopic (exact) mass is 379 g/mol. The number of Topliss-reactive ketones (excluding diaryl/α,β-unsaturated/α-hetero) is 2. The standard InChI is InChI=1S/C19H25NO5S/c1-4-13(5-2)14-10-16(21)18(17(22)11-14)19(23)20-26(24,25)15-8-6-12(3)7-9-15/h6-9,13-14,18H,4-5,10-11H2,1-3H3,(H,20,23). The number of nitrogens with one attached hydrogen (secondary N) is 1. The molecule has 2 rings (SSSR count). The molecule has 0 aromatic heterocycles. The Morgan fingerprint density at radius 1 is 1.08 bits per heavy atom. The first-order valence-corrected chi connectivity index (χ1v) is 10.4. The Morgan fingerprint density at radius 3 is 2.04 bits per heavy atom. The van der Waals surface area contributed by atoms with E-state index in [1.165, 1.54) is 12.1 Å². The van der Waals surface area contributed by atoms with Crippen LogP contribution in [0.1, 0.15) is 45.1 Å². The van der Waals surface area contributed by atoms with E-state index in [0.29, 0.717) is 0 Å². The van der Waals surface area contributed by atoms with Gasteiger partial charge in [-0.25, -0.2) is 13.1 Å². The van der Waals surface area contributed by atoms with E-state index in [1.54, 1.807) is 12.1 Å². The van der Waals surface area contributed by atoms with Crippen molar-refractivity contribution in [1.29, 1.82) is 0 Å². The van der Waals surface area contributed by atoms with E-state index < -0.39 is 33.4 Å². The van der Waals surface area contributed by atoms with Crippen molar-refractivity contribution >= 4 is 27.5 Å². The second-order valence-corrected chi connectivity index (χ2v) is 8.58. The average Bonchev–Trinajstić information content (AvgIpc) is 2.55. The minimum Gasteiger partial charge on any atom is -0.298 e. The molecular weight excluding hydrogens is 354 g/mol. The Kier molecular flexibility index (Phi) is 6.34. The number of rotatable bonds is 6. The topological polar surface area (TPSA) is 97.4 Å². The highest BCUT2D eigenvalue weighted by molar-refractivity contribution is 7.90. The fraction of sp³-hybridized carbons (Fsp3) is 0.526. The predicted octanol–water partition coefficient (Wildman–Crippen LogP) is 2.40. The van der Waals surface area contributed by atoms with Crippen molar-refractivity contribution in [2.75, 3.05) is 0 Å². The zero-order chi connectivity index (χ0) is 19.5. The normalized spacial score (nSPS) is 21.1. The number of hydrogen-bond donors (Lipinski definition) is 1. The van der Waals surface area contributed by atoms with Crippen LogP contribution in [0.5, 0.6) is 0 Å². The number of sulfonamides is 1. The summed E-state index contributed by atoms with van der Waals surface area (Å²) in [6, 6.07) is 5.96. The molecule has 0 bridgehead atoms. The molecule has 1 fully saturated rings. The van der Waals surface area contributed by atoms with Crippen molar-refractivity contribution < 1.29 is 22.8 Å². The van der Waals surface area contributed by atoms with Gasteiger partial charge in [0.25, 0.3) is 15.9 Å². The number of hydrogen-bond acceptors (Lipinski definition) is 5.